The van der Waals surface area contributed by atoms with Gasteiger partial charge in [0.2, 0.25) is 0 Å². The second kappa shape index (κ2) is 5.13. The molecule has 0 saturated heterocycles. The lowest BCUT2D eigenvalue weighted by molar-refractivity contribution is 1.26. The zero-order valence-corrected chi connectivity index (χ0v) is 10.6. The molecule has 0 amide bonds. The van der Waals surface area contributed by atoms with Gasteiger partial charge in [0.25, 0.3) is 0 Å². The van der Waals surface area contributed by atoms with Crippen LogP contribution < -0.4 is 0 Å². The Bertz CT molecular complexity index is 486. The van der Waals surface area contributed by atoms with Crippen LogP contribution in [-0.2, 0) is 6.42 Å². The van der Waals surface area contributed by atoms with Crippen LogP contribution in [0.5, 0.6) is 0 Å². The van der Waals surface area contributed by atoms with Crippen LogP contribution in [0.3, 0.4) is 0 Å². The summed E-state index contributed by atoms with van der Waals surface area (Å²) in [6.45, 7) is 3.90. The molecule has 1 heteroatoms. The summed E-state index contributed by atoms with van der Waals surface area (Å²) in [6.07, 6.45) is 0.866. The van der Waals surface area contributed by atoms with E-state index in [1.54, 1.807) is 0 Å². The van der Waals surface area contributed by atoms with Gasteiger partial charge in [0.15, 0.2) is 0 Å². The average Bonchev–Trinajstić information content (AvgIpc) is 2.30. The number of hydrogen-bond acceptors (Lipinski definition) is 0. The first kappa shape index (κ1) is 11.2. The molecule has 2 aromatic carbocycles. The van der Waals surface area contributed by atoms with Crippen LogP contribution in [0.2, 0.25) is 0 Å². The second-order valence-corrected chi connectivity index (χ2v) is 4.84. The fraction of sp³-hybridized carbons (Fsp3) is 0.0667. The van der Waals surface area contributed by atoms with Crippen LogP contribution in [0.15, 0.2) is 65.7 Å². The van der Waals surface area contributed by atoms with E-state index in [1.807, 2.05) is 6.07 Å². The molecule has 0 aromatic heterocycles. The first-order valence-corrected chi connectivity index (χ1v) is 6.03. The third-order valence-electron chi connectivity index (χ3n) is 2.48. The van der Waals surface area contributed by atoms with Gasteiger partial charge in [-0.2, -0.15) is 0 Å². The Morgan fingerprint density at radius 3 is 2.25 bits per heavy atom. The van der Waals surface area contributed by atoms with E-state index in [0.717, 1.165) is 10.9 Å². The second-order valence-electron chi connectivity index (χ2n) is 3.72. The Morgan fingerprint density at radius 2 is 1.56 bits per heavy atom. The molecule has 0 spiro atoms. The zero-order chi connectivity index (χ0) is 11.4. The Morgan fingerprint density at radius 1 is 0.938 bits per heavy atom. The summed E-state index contributed by atoms with van der Waals surface area (Å²) in [6, 6.07) is 18.9. The molecule has 0 unspecified atom stereocenters. The number of benzene rings is 2. The van der Waals surface area contributed by atoms with Crippen LogP contribution in [-0.4, -0.2) is 0 Å². The van der Waals surface area contributed by atoms with Crippen LogP contribution in [0.1, 0.15) is 5.56 Å². The van der Waals surface area contributed by atoms with Crippen molar-refractivity contribution in [2.45, 2.75) is 6.42 Å². The smallest absolute Gasteiger partial charge is 0.00408 e. The highest BCUT2D eigenvalue weighted by atomic mass is 79.9. The Labute approximate surface area is 105 Å². The highest BCUT2D eigenvalue weighted by Crippen LogP contribution is 2.25. The maximum Gasteiger partial charge on any atom is 0.00408 e. The maximum atomic E-state index is 3.90. The number of halogens is 1. The maximum absolute atomic E-state index is 3.90. The lowest BCUT2D eigenvalue weighted by Crippen LogP contribution is -1.89. The summed E-state index contributed by atoms with van der Waals surface area (Å²) in [5, 5.41) is 0. The molecule has 80 valence electrons. The van der Waals surface area contributed by atoms with Gasteiger partial charge in [0, 0.05) is 6.42 Å². The molecule has 2 rings (SSSR count). The Hall–Kier alpha value is -1.34. The molecule has 0 aliphatic carbocycles. The van der Waals surface area contributed by atoms with Gasteiger partial charge in [-0.3, -0.25) is 0 Å². The minimum atomic E-state index is 0.866. The molecule has 0 aliphatic heterocycles. The molecule has 2 aromatic rings. The van der Waals surface area contributed by atoms with E-state index < -0.39 is 0 Å². The highest BCUT2D eigenvalue weighted by Gasteiger charge is 2.03. The summed E-state index contributed by atoms with van der Waals surface area (Å²) in [5.41, 5.74) is 3.84. The Kier molecular flexibility index (Phi) is 3.58. The van der Waals surface area contributed by atoms with Gasteiger partial charge in [0.05, 0.1) is 0 Å². The molecule has 0 heterocycles. The molecule has 16 heavy (non-hydrogen) atoms. The summed E-state index contributed by atoms with van der Waals surface area (Å²) in [4.78, 5) is 0. The lowest BCUT2D eigenvalue weighted by atomic mass is 9.98. The number of hydrogen-bond donors (Lipinski definition) is 0. The van der Waals surface area contributed by atoms with Crippen molar-refractivity contribution < 1.29 is 0 Å². The van der Waals surface area contributed by atoms with Crippen LogP contribution in [0.4, 0.5) is 0 Å². The zero-order valence-electron chi connectivity index (χ0n) is 8.99. The van der Waals surface area contributed by atoms with Crippen LogP contribution in [0, 0.1) is 0 Å². The van der Waals surface area contributed by atoms with Crippen molar-refractivity contribution in [3.63, 3.8) is 0 Å². The Balaban J connectivity index is 2.44. The third kappa shape index (κ3) is 2.61. The van der Waals surface area contributed by atoms with E-state index in [0.29, 0.717) is 0 Å². The van der Waals surface area contributed by atoms with Crippen molar-refractivity contribution in [2.75, 3.05) is 0 Å². The van der Waals surface area contributed by atoms with Crippen molar-refractivity contribution in [3.05, 3.63) is 71.2 Å². The van der Waals surface area contributed by atoms with Crippen molar-refractivity contribution >= 4 is 15.9 Å². The van der Waals surface area contributed by atoms with Crippen molar-refractivity contribution in [1.82, 2.24) is 0 Å². The van der Waals surface area contributed by atoms with Gasteiger partial charge < -0.3 is 0 Å². The van der Waals surface area contributed by atoms with Gasteiger partial charge in [-0.25, -0.2) is 0 Å². The fourth-order valence-corrected chi connectivity index (χ4v) is 2.08. The number of rotatable bonds is 3. The minimum absolute atomic E-state index is 0.866. The third-order valence-corrected chi connectivity index (χ3v) is 2.76. The summed E-state index contributed by atoms with van der Waals surface area (Å²) in [7, 11) is 0. The standard InChI is InChI=1S/C15H13Br/c1-12(16)11-14-9-5-6-10-15(14)13-7-3-2-4-8-13/h2-10H,1,11H2. The molecule has 0 N–H and O–H groups in total. The molecule has 0 radical (unpaired) electrons. The van der Waals surface area contributed by atoms with E-state index in [2.05, 4.69) is 71.0 Å². The van der Waals surface area contributed by atoms with Gasteiger partial charge >= 0.3 is 0 Å². The monoisotopic (exact) mass is 272 g/mol. The highest BCUT2D eigenvalue weighted by molar-refractivity contribution is 9.11. The van der Waals surface area contributed by atoms with Gasteiger partial charge in [0.1, 0.15) is 0 Å². The predicted molar refractivity (Wildman–Crippen MR) is 73.6 cm³/mol. The molecule has 0 aliphatic rings. The van der Waals surface area contributed by atoms with E-state index >= 15 is 0 Å². The fourth-order valence-electron chi connectivity index (χ4n) is 1.78. The first-order valence-electron chi connectivity index (χ1n) is 5.24. The first-order chi connectivity index (χ1) is 7.77. The molecule has 0 atom stereocenters. The van der Waals surface area contributed by atoms with Crippen LogP contribution in [0.25, 0.3) is 11.1 Å². The van der Waals surface area contributed by atoms with Crippen molar-refractivity contribution in [2.24, 2.45) is 0 Å². The largest absolute Gasteiger partial charge is 0.0885 e. The quantitative estimate of drug-likeness (QED) is 0.753. The topological polar surface area (TPSA) is 0 Å². The molecule has 0 bridgehead atoms. The molecule has 0 fully saturated rings. The molecular weight excluding hydrogens is 260 g/mol. The van der Waals surface area contributed by atoms with E-state index in [-0.39, 0.29) is 0 Å². The van der Waals surface area contributed by atoms with E-state index in [1.165, 1.54) is 16.7 Å². The van der Waals surface area contributed by atoms with Gasteiger partial charge in [-0.1, -0.05) is 77.1 Å². The number of allylic oxidation sites excluding steroid dienone is 1. The lowest BCUT2D eigenvalue weighted by Gasteiger charge is -2.08. The SMILES string of the molecule is C=C(Br)Cc1ccccc1-c1ccccc1. The normalized spacial score (nSPS) is 10.1. The van der Waals surface area contributed by atoms with Crippen molar-refractivity contribution in [1.29, 1.82) is 0 Å². The van der Waals surface area contributed by atoms with E-state index in [4.69, 9.17) is 0 Å². The summed E-state index contributed by atoms with van der Waals surface area (Å²) < 4.78 is 1.01. The summed E-state index contributed by atoms with van der Waals surface area (Å²) in [5.74, 6) is 0. The summed E-state index contributed by atoms with van der Waals surface area (Å²) >= 11 is 3.42. The molecular formula is C15H13Br. The van der Waals surface area contributed by atoms with Gasteiger partial charge in [-0.05, 0) is 21.2 Å². The predicted octanol–water partition coefficient (Wildman–Crippen LogP) is 4.80. The average molecular weight is 273 g/mol. The molecule has 0 nitrogen and oxygen atoms in total. The van der Waals surface area contributed by atoms with Gasteiger partial charge in [-0.15, -0.1) is 0 Å². The molecule has 0 saturated carbocycles. The van der Waals surface area contributed by atoms with Crippen LogP contribution >= 0.6 is 15.9 Å². The van der Waals surface area contributed by atoms with E-state index in [9.17, 15) is 0 Å². The minimum Gasteiger partial charge on any atom is -0.0885 e. The van der Waals surface area contributed by atoms with Crippen molar-refractivity contribution in [3.8, 4) is 11.1 Å².